The van der Waals surface area contributed by atoms with Gasteiger partial charge < -0.3 is 39.0 Å². The molecule has 1 aliphatic rings. The molecular weight excluding hydrogens is 1070 g/mol. The van der Waals surface area contributed by atoms with Gasteiger partial charge in [0.15, 0.2) is 24.6 Å². The number of aliphatic carboxylic acids is 1. The SMILES string of the molecule is CCCCC/C=C\C/C=C\CCCCCCCCCCCC(=O)OC1C(OCC(COC(=O)CCCCCCCCCCC/C=C\CCCCCCCC)OC(=O)CCCCCCCCC/C=C\CCCCCCCC)OC(C(=O)O)C(O)C1O. The van der Waals surface area contributed by atoms with E-state index in [4.69, 9.17) is 23.7 Å². The number of carboxylic acids is 1. The molecule has 0 saturated carbocycles. The zero-order chi connectivity index (χ0) is 61.7. The number of ether oxygens (including phenoxy) is 5. The molecule has 1 saturated heterocycles. The summed E-state index contributed by atoms with van der Waals surface area (Å²) in [5.74, 6) is -3.10. The fourth-order valence-corrected chi connectivity index (χ4v) is 10.9. The zero-order valence-corrected chi connectivity index (χ0v) is 54.9. The Morgan fingerprint density at radius 2 is 0.706 bits per heavy atom. The van der Waals surface area contributed by atoms with Gasteiger partial charge in [-0.05, 0) is 103 Å². The van der Waals surface area contributed by atoms with E-state index in [2.05, 4.69) is 69.4 Å². The summed E-state index contributed by atoms with van der Waals surface area (Å²) in [6.45, 7) is 6.02. The van der Waals surface area contributed by atoms with Crippen LogP contribution in [0.2, 0.25) is 0 Å². The van der Waals surface area contributed by atoms with Gasteiger partial charge in [-0.15, -0.1) is 0 Å². The van der Waals surface area contributed by atoms with Crippen molar-refractivity contribution < 1.29 is 58.2 Å². The van der Waals surface area contributed by atoms with Crippen LogP contribution in [0.4, 0.5) is 0 Å². The molecule has 1 rings (SSSR count). The van der Waals surface area contributed by atoms with Gasteiger partial charge in [-0.3, -0.25) is 14.4 Å². The van der Waals surface area contributed by atoms with E-state index in [-0.39, 0.29) is 25.9 Å². The number of esters is 3. The predicted octanol–water partition coefficient (Wildman–Crippen LogP) is 19.7. The lowest BCUT2D eigenvalue weighted by atomic mass is 9.98. The molecule has 6 atom stereocenters. The lowest BCUT2D eigenvalue weighted by Crippen LogP contribution is -2.61. The Hall–Kier alpha value is -3.32. The minimum atomic E-state index is -1.91. The molecule has 0 spiro atoms. The van der Waals surface area contributed by atoms with E-state index in [0.29, 0.717) is 19.3 Å². The molecule has 0 aromatic rings. The van der Waals surface area contributed by atoms with Gasteiger partial charge in [-0.1, -0.05) is 268 Å². The summed E-state index contributed by atoms with van der Waals surface area (Å²) < 4.78 is 28.6. The molecule has 0 bridgehead atoms. The van der Waals surface area contributed by atoms with E-state index in [9.17, 15) is 34.5 Å². The Morgan fingerprint density at radius 1 is 0.388 bits per heavy atom. The van der Waals surface area contributed by atoms with Crippen molar-refractivity contribution >= 4 is 23.9 Å². The number of rotatable bonds is 62. The number of allylic oxidation sites excluding steroid dienone is 8. The molecule has 0 aromatic carbocycles. The van der Waals surface area contributed by atoms with Gasteiger partial charge in [0, 0.05) is 19.3 Å². The number of hydrogen-bond donors (Lipinski definition) is 3. The Balaban J connectivity index is 2.62. The van der Waals surface area contributed by atoms with Crippen LogP contribution in [-0.2, 0) is 42.9 Å². The lowest BCUT2D eigenvalue weighted by molar-refractivity contribution is -0.301. The van der Waals surface area contributed by atoms with Gasteiger partial charge in [0.05, 0.1) is 6.61 Å². The van der Waals surface area contributed by atoms with Crippen LogP contribution in [0.1, 0.15) is 342 Å². The largest absolute Gasteiger partial charge is 0.479 e. The van der Waals surface area contributed by atoms with Gasteiger partial charge in [0.25, 0.3) is 0 Å². The van der Waals surface area contributed by atoms with Crippen LogP contribution in [0.5, 0.6) is 0 Å². The first-order chi connectivity index (χ1) is 41.6. The normalized spacial score (nSPS) is 17.7. The number of aliphatic hydroxyl groups excluding tert-OH is 2. The molecule has 6 unspecified atom stereocenters. The van der Waals surface area contributed by atoms with Crippen molar-refractivity contribution in [2.75, 3.05) is 13.2 Å². The van der Waals surface area contributed by atoms with Gasteiger partial charge >= 0.3 is 23.9 Å². The van der Waals surface area contributed by atoms with Crippen molar-refractivity contribution in [3.63, 3.8) is 0 Å². The van der Waals surface area contributed by atoms with Crippen LogP contribution in [0.15, 0.2) is 48.6 Å². The molecule has 12 heteroatoms. The summed E-state index contributed by atoms with van der Waals surface area (Å²) >= 11 is 0. The van der Waals surface area contributed by atoms with Crippen molar-refractivity contribution in [1.29, 1.82) is 0 Å². The molecule has 3 N–H and O–H groups in total. The fraction of sp³-hybridized carbons (Fsp3) is 0.836. The second-order valence-electron chi connectivity index (χ2n) is 24.5. The third-order valence-electron chi connectivity index (χ3n) is 16.3. The number of hydrogen-bond acceptors (Lipinski definition) is 11. The quantitative estimate of drug-likeness (QED) is 0.0228. The number of carboxylic acid groups (broad SMARTS) is 1. The molecular formula is C73H130O12. The molecule has 0 radical (unpaired) electrons. The van der Waals surface area contributed by atoms with E-state index < -0.39 is 67.3 Å². The van der Waals surface area contributed by atoms with Crippen molar-refractivity contribution in [3.8, 4) is 0 Å². The average molecular weight is 1200 g/mol. The van der Waals surface area contributed by atoms with Crippen LogP contribution >= 0.6 is 0 Å². The van der Waals surface area contributed by atoms with E-state index in [1.54, 1.807) is 0 Å². The first kappa shape index (κ1) is 79.7. The summed E-state index contributed by atoms with van der Waals surface area (Å²) in [5, 5.41) is 31.7. The van der Waals surface area contributed by atoms with Crippen LogP contribution in [0, 0.1) is 0 Å². The first-order valence-electron chi connectivity index (χ1n) is 35.6. The highest BCUT2D eigenvalue weighted by atomic mass is 16.7. The highest BCUT2D eigenvalue weighted by Gasteiger charge is 2.50. The smallest absolute Gasteiger partial charge is 0.335 e. The van der Waals surface area contributed by atoms with Crippen molar-refractivity contribution in [1.82, 2.24) is 0 Å². The highest BCUT2D eigenvalue weighted by molar-refractivity contribution is 5.74. The maximum atomic E-state index is 13.2. The van der Waals surface area contributed by atoms with E-state index in [1.807, 2.05) is 0 Å². The summed E-state index contributed by atoms with van der Waals surface area (Å²) in [5.41, 5.74) is 0. The van der Waals surface area contributed by atoms with Crippen molar-refractivity contribution in [3.05, 3.63) is 48.6 Å². The molecule has 0 aliphatic carbocycles. The van der Waals surface area contributed by atoms with Gasteiger partial charge in [-0.25, -0.2) is 4.79 Å². The number of aliphatic hydroxyl groups is 2. The predicted molar refractivity (Wildman–Crippen MR) is 349 cm³/mol. The molecule has 1 heterocycles. The summed E-state index contributed by atoms with van der Waals surface area (Å²) in [7, 11) is 0. The van der Waals surface area contributed by atoms with Gasteiger partial charge in [0.1, 0.15) is 18.8 Å². The maximum Gasteiger partial charge on any atom is 0.335 e. The van der Waals surface area contributed by atoms with Gasteiger partial charge in [-0.2, -0.15) is 0 Å². The van der Waals surface area contributed by atoms with Gasteiger partial charge in [0.2, 0.25) is 0 Å². The Kier molecular flexibility index (Phi) is 57.1. The third-order valence-corrected chi connectivity index (χ3v) is 16.3. The molecule has 0 aromatic heterocycles. The van der Waals surface area contributed by atoms with E-state index in [1.165, 1.54) is 193 Å². The zero-order valence-electron chi connectivity index (χ0n) is 54.9. The van der Waals surface area contributed by atoms with Crippen molar-refractivity contribution in [2.45, 2.75) is 379 Å². The van der Waals surface area contributed by atoms with Crippen LogP contribution in [0.3, 0.4) is 0 Å². The molecule has 1 fully saturated rings. The second-order valence-corrected chi connectivity index (χ2v) is 24.5. The monoisotopic (exact) mass is 1200 g/mol. The Labute approximate surface area is 520 Å². The standard InChI is InChI=1S/C73H130O12/c1-4-7-10-13-16-19-22-25-28-31-33-36-38-41-44-47-50-53-56-59-65(74)81-62-64(83-66(75)60-57-54-51-48-45-42-39-35-30-27-24-21-18-15-12-9-6-3)63-82-73-71(69(78)68(77)70(85-73)72(79)80)84-67(76)61-58-55-52-49-46-43-40-37-34-32-29-26-23-20-17-14-11-8-5-2/h17,20,25-30,64,68-71,73,77-78H,4-16,18-19,21-24,31-63H2,1-3H3,(H,79,80)/b20-17-,28-25-,29-26-,30-27-. The Morgan fingerprint density at radius 3 is 1.09 bits per heavy atom. The molecule has 85 heavy (non-hydrogen) atoms. The maximum absolute atomic E-state index is 13.2. The minimum absolute atomic E-state index is 0.0570. The highest BCUT2D eigenvalue weighted by Crippen LogP contribution is 2.27. The first-order valence-corrected chi connectivity index (χ1v) is 35.6. The lowest BCUT2D eigenvalue weighted by Gasteiger charge is -2.40. The third kappa shape index (κ3) is 50.3. The fourth-order valence-electron chi connectivity index (χ4n) is 10.9. The molecule has 494 valence electrons. The Bertz CT molecular complexity index is 1660. The summed E-state index contributed by atoms with van der Waals surface area (Å²) in [4.78, 5) is 51.5. The van der Waals surface area contributed by atoms with E-state index in [0.717, 1.165) is 89.9 Å². The molecule has 1 aliphatic heterocycles. The topological polar surface area (TPSA) is 175 Å². The minimum Gasteiger partial charge on any atom is -0.479 e. The number of carbonyl (C=O) groups is 4. The van der Waals surface area contributed by atoms with E-state index >= 15 is 0 Å². The number of carbonyl (C=O) groups excluding carboxylic acids is 3. The van der Waals surface area contributed by atoms with Crippen LogP contribution < -0.4 is 0 Å². The second kappa shape index (κ2) is 60.9. The van der Waals surface area contributed by atoms with Crippen LogP contribution in [0.25, 0.3) is 0 Å². The van der Waals surface area contributed by atoms with Crippen molar-refractivity contribution in [2.24, 2.45) is 0 Å². The molecule has 0 amide bonds. The average Bonchev–Trinajstić information content (AvgIpc) is 2.79. The summed E-state index contributed by atoms with van der Waals surface area (Å²) in [6.07, 6.45) is 63.4. The number of unbranched alkanes of at least 4 members (excludes halogenated alkanes) is 40. The molecule has 12 nitrogen and oxygen atoms in total. The van der Waals surface area contributed by atoms with Crippen LogP contribution in [-0.4, -0.2) is 89.2 Å². The summed E-state index contributed by atoms with van der Waals surface area (Å²) in [6, 6.07) is 0.